The molecule has 0 unspecified atom stereocenters. The van der Waals surface area contributed by atoms with Crippen LogP contribution in [0.4, 0.5) is 21.0 Å². The van der Waals surface area contributed by atoms with Crippen LogP contribution in [0.5, 0.6) is 0 Å². The van der Waals surface area contributed by atoms with Gasteiger partial charge in [0.05, 0.1) is 17.1 Å². The van der Waals surface area contributed by atoms with E-state index in [9.17, 15) is 17.6 Å². The largest absolute Gasteiger partial charge is 0.369 e. The summed E-state index contributed by atoms with van der Waals surface area (Å²) >= 11 is 1.50. The zero-order chi connectivity index (χ0) is 27.0. The van der Waals surface area contributed by atoms with Gasteiger partial charge in [-0.1, -0.05) is 6.92 Å². The number of hydrogen-bond acceptors (Lipinski definition) is 8. The van der Waals surface area contributed by atoms with Crippen molar-refractivity contribution < 1.29 is 17.6 Å². The summed E-state index contributed by atoms with van der Waals surface area (Å²) in [5.41, 5.74) is 9.37. The molecule has 4 aromatic rings. The fourth-order valence-electron chi connectivity index (χ4n) is 4.61. The van der Waals surface area contributed by atoms with Crippen LogP contribution in [0.1, 0.15) is 12.6 Å². The maximum absolute atomic E-state index is 13.4. The molecule has 1 amide bonds. The molecular weight excluding hydrogens is 529 g/mol. The summed E-state index contributed by atoms with van der Waals surface area (Å²) in [5.74, 6) is -0.925. The Morgan fingerprint density at radius 3 is 2.47 bits per heavy atom. The van der Waals surface area contributed by atoms with Gasteiger partial charge in [-0.15, -0.1) is 11.3 Å². The van der Waals surface area contributed by atoms with Crippen molar-refractivity contribution in [3.63, 3.8) is 0 Å². The Morgan fingerprint density at radius 2 is 1.82 bits per heavy atom. The van der Waals surface area contributed by atoms with E-state index in [1.165, 1.54) is 27.8 Å². The molecule has 3 aromatic heterocycles. The van der Waals surface area contributed by atoms with Crippen molar-refractivity contribution >= 4 is 49.6 Å². The van der Waals surface area contributed by atoms with E-state index in [2.05, 4.69) is 11.8 Å². The summed E-state index contributed by atoms with van der Waals surface area (Å²) in [4.78, 5) is 24.9. The molecule has 0 atom stereocenters. The van der Waals surface area contributed by atoms with Gasteiger partial charge in [-0.2, -0.15) is 4.31 Å². The predicted molar refractivity (Wildman–Crippen MR) is 147 cm³/mol. The fourth-order valence-corrected chi connectivity index (χ4v) is 6.67. The van der Waals surface area contributed by atoms with E-state index in [0.717, 1.165) is 45.7 Å². The van der Waals surface area contributed by atoms with Crippen LogP contribution < -0.4 is 15.5 Å². The molecular formula is C25H28FN7O3S2. The summed E-state index contributed by atoms with van der Waals surface area (Å²) in [6.45, 7) is 3.57. The molecule has 10 nitrogen and oxygen atoms in total. The van der Waals surface area contributed by atoms with Crippen molar-refractivity contribution in [2.24, 2.45) is 5.73 Å². The molecule has 0 bridgehead atoms. The van der Waals surface area contributed by atoms with Gasteiger partial charge in [0.2, 0.25) is 15.9 Å². The van der Waals surface area contributed by atoms with Crippen LogP contribution in [0.2, 0.25) is 0 Å². The predicted octanol–water partition coefficient (Wildman–Crippen LogP) is 2.86. The third-order valence-corrected chi connectivity index (χ3v) is 9.26. The minimum absolute atomic E-state index is 0.274. The lowest BCUT2D eigenvalue weighted by Gasteiger charge is -2.35. The topological polar surface area (TPSA) is 117 Å². The highest BCUT2D eigenvalue weighted by molar-refractivity contribution is 7.89. The number of pyridine rings is 1. The van der Waals surface area contributed by atoms with Crippen molar-refractivity contribution in [3.8, 4) is 11.3 Å². The Hall–Kier alpha value is -3.55. The number of rotatable bonds is 8. The highest BCUT2D eigenvalue weighted by Gasteiger charge is 2.29. The van der Waals surface area contributed by atoms with E-state index in [-0.39, 0.29) is 18.9 Å². The second-order valence-corrected chi connectivity index (χ2v) is 11.8. The molecule has 5 rings (SSSR count). The molecule has 0 radical (unpaired) electrons. The van der Waals surface area contributed by atoms with Crippen LogP contribution in [0, 0.1) is 5.82 Å². The summed E-state index contributed by atoms with van der Waals surface area (Å²) in [5, 5.41) is 2.73. The quantitative estimate of drug-likeness (QED) is 0.354. The fraction of sp³-hybridized carbons (Fsp3) is 0.320. The summed E-state index contributed by atoms with van der Waals surface area (Å²) in [6.07, 6.45) is 2.73. The second-order valence-electron chi connectivity index (χ2n) is 9.04. The lowest BCUT2D eigenvalue weighted by atomic mass is 10.2. The highest BCUT2D eigenvalue weighted by Crippen LogP contribution is 2.34. The first-order valence-corrected chi connectivity index (χ1v) is 14.6. The number of amides is 1. The lowest BCUT2D eigenvalue weighted by molar-refractivity contribution is -0.115. The SMILES string of the molecule is CCc1nc2ccc(N3CCN(S(=O)(=O)CC(N)=O)CC3)cn2c1N(C)c1nc(-c2ccc(F)cc2)cs1. The third kappa shape index (κ3) is 5.08. The molecule has 1 aromatic carbocycles. The van der Waals surface area contributed by atoms with E-state index in [0.29, 0.717) is 13.1 Å². The van der Waals surface area contributed by atoms with Crippen molar-refractivity contribution in [1.29, 1.82) is 0 Å². The molecule has 38 heavy (non-hydrogen) atoms. The number of halogens is 1. The van der Waals surface area contributed by atoms with Gasteiger partial charge in [-0.05, 0) is 42.8 Å². The molecule has 13 heteroatoms. The number of carbonyl (C=O) groups excluding carboxylic acids is 1. The monoisotopic (exact) mass is 557 g/mol. The molecule has 1 aliphatic heterocycles. The Morgan fingerprint density at radius 1 is 1.11 bits per heavy atom. The van der Waals surface area contributed by atoms with Gasteiger partial charge in [0, 0.05) is 50.4 Å². The van der Waals surface area contributed by atoms with Crippen LogP contribution >= 0.6 is 11.3 Å². The smallest absolute Gasteiger partial charge is 0.234 e. The van der Waals surface area contributed by atoms with Crippen LogP contribution in [0.25, 0.3) is 16.9 Å². The van der Waals surface area contributed by atoms with Crippen LogP contribution in [-0.4, -0.2) is 72.0 Å². The second kappa shape index (κ2) is 10.3. The normalized spacial score (nSPS) is 14.8. The van der Waals surface area contributed by atoms with Gasteiger partial charge in [0.1, 0.15) is 23.0 Å². The Labute approximate surface area is 224 Å². The molecule has 0 aliphatic carbocycles. The van der Waals surface area contributed by atoms with Crippen LogP contribution in [-0.2, 0) is 21.2 Å². The minimum atomic E-state index is -3.71. The molecule has 1 aliphatic rings. The molecule has 0 spiro atoms. The van der Waals surface area contributed by atoms with Crippen LogP contribution in [0.3, 0.4) is 0 Å². The van der Waals surface area contributed by atoms with Crippen molar-refractivity contribution in [2.75, 3.05) is 48.8 Å². The molecule has 1 saturated heterocycles. The Balaban J connectivity index is 1.41. The lowest BCUT2D eigenvalue weighted by Crippen LogP contribution is -2.50. The molecule has 0 saturated carbocycles. The number of fused-ring (bicyclic) bond motifs is 1. The van der Waals surface area contributed by atoms with E-state index >= 15 is 0 Å². The number of nitrogens with two attached hydrogens (primary N) is 1. The zero-order valence-electron chi connectivity index (χ0n) is 21.0. The molecule has 2 N–H and O–H groups in total. The van der Waals surface area contributed by atoms with Gasteiger partial charge in [-0.25, -0.2) is 22.8 Å². The van der Waals surface area contributed by atoms with Gasteiger partial charge in [0.25, 0.3) is 0 Å². The average Bonchev–Trinajstić information content (AvgIpc) is 3.53. The number of piperazine rings is 1. The maximum Gasteiger partial charge on any atom is 0.234 e. The van der Waals surface area contributed by atoms with Gasteiger partial charge < -0.3 is 15.5 Å². The number of aromatic nitrogens is 3. The highest BCUT2D eigenvalue weighted by atomic mass is 32.2. The number of imidazole rings is 1. The number of primary amides is 1. The number of carbonyl (C=O) groups is 1. The van der Waals surface area contributed by atoms with E-state index in [1.54, 1.807) is 12.1 Å². The number of nitrogens with zero attached hydrogens (tertiary/aromatic N) is 6. The number of anilines is 3. The standard InChI is InChI=1S/C25H28FN7O3S2/c1-3-20-24(30(2)25-29-21(15-37-25)17-4-6-18(26)7-5-17)33-14-19(8-9-23(33)28-20)31-10-12-32(13-11-31)38(35,36)16-22(27)34/h4-9,14-15H,3,10-13,16H2,1-2H3,(H2,27,34). The Kier molecular flexibility index (Phi) is 7.07. The summed E-state index contributed by atoms with van der Waals surface area (Å²) in [6, 6.07) is 10.2. The van der Waals surface area contributed by atoms with Gasteiger partial charge >= 0.3 is 0 Å². The summed E-state index contributed by atoms with van der Waals surface area (Å²) in [7, 11) is -1.76. The average molecular weight is 558 g/mol. The molecule has 1 fully saturated rings. The van der Waals surface area contributed by atoms with E-state index < -0.39 is 21.7 Å². The van der Waals surface area contributed by atoms with Crippen LogP contribution in [0.15, 0.2) is 48.0 Å². The molecule has 4 heterocycles. The third-order valence-electron chi connectivity index (χ3n) is 6.54. The maximum atomic E-state index is 13.4. The van der Waals surface area contributed by atoms with E-state index in [1.807, 2.05) is 40.1 Å². The van der Waals surface area contributed by atoms with E-state index in [4.69, 9.17) is 15.7 Å². The minimum Gasteiger partial charge on any atom is -0.369 e. The number of hydrogen-bond donors (Lipinski definition) is 1. The van der Waals surface area contributed by atoms with Gasteiger partial charge in [0.15, 0.2) is 5.13 Å². The number of aryl methyl sites for hydroxylation is 1. The first-order valence-electron chi connectivity index (χ1n) is 12.1. The number of sulfonamides is 1. The summed E-state index contributed by atoms with van der Waals surface area (Å²) < 4.78 is 41.5. The number of thiazole rings is 1. The van der Waals surface area contributed by atoms with Crippen molar-refractivity contribution in [3.05, 3.63) is 59.5 Å². The van der Waals surface area contributed by atoms with Gasteiger partial charge in [-0.3, -0.25) is 9.20 Å². The first-order chi connectivity index (χ1) is 18.2. The van der Waals surface area contributed by atoms with Crippen molar-refractivity contribution in [2.45, 2.75) is 13.3 Å². The number of benzene rings is 1. The zero-order valence-corrected chi connectivity index (χ0v) is 22.7. The first kappa shape index (κ1) is 26.1. The van der Waals surface area contributed by atoms with Crippen molar-refractivity contribution in [1.82, 2.24) is 18.7 Å². The molecule has 200 valence electrons. The Bertz CT molecular complexity index is 1580.